The van der Waals surface area contributed by atoms with Gasteiger partial charge in [-0.3, -0.25) is 14.4 Å². The van der Waals surface area contributed by atoms with E-state index in [1.165, 1.54) is 0 Å². The van der Waals surface area contributed by atoms with E-state index in [0.717, 1.165) is 19.3 Å². The van der Waals surface area contributed by atoms with Crippen LogP contribution in [0.15, 0.2) is 12.3 Å². The van der Waals surface area contributed by atoms with Crippen molar-refractivity contribution < 1.29 is 19.5 Å². The Bertz CT molecular complexity index is 673. The summed E-state index contributed by atoms with van der Waals surface area (Å²) in [5.41, 5.74) is 0.369. The second kappa shape index (κ2) is 9.07. The first kappa shape index (κ1) is 20.3. The van der Waals surface area contributed by atoms with Gasteiger partial charge in [0.2, 0.25) is 5.91 Å². The zero-order valence-corrected chi connectivity index (χ0v) is 15.9. The van der Waals surface area contributed by atoms with Crippen LogP contribution in [0.25, 0.3) is 0 Å². The lowest BCUT2D eigenvalue weighted by Gasteiger charge is -2.23. The van der Waals surface area contributed by atoms with E-state index in [2.05, 4.69) is 10.6 Å². The molecule has 0 unspecified atom stereocenters. The van der Waals surface area contributed by atoms with Crippen LogP contribution in [0.4, 0.5) is 0 Å². The van der Waals surface area contributed by atoms with Crippen LogP contribution in [-0.2, 0) is 16.6 Å². The summed E-state index contributed by atoms with van der Waals surface area (Å²) >= 11 is 5.92. The molecule has 3 N–H and O–H groups in total. The molecule has 1 aromatic heterocycles. The van der Waals surface area contributed by atoms with Crippen LogP contribution in [0, 0.1) is 5.92 Å². The average Bonchev–Trinajstić information content (AvgIpc) is 3.17. The van der Waals surface area contributed by atoms with Gasteiger partial charge < -0.3 is 20.3 Å². The lowest BCUT2D eigenvalue weighted by molar-refractivity contribution is -0.142. The molecule has 1 fully saturated rings. The van der Waals surface area contributed by atoms with Crippen LogP contribution in [-0.4, -0.2) is 39.5 Å². The molecular weight excluding hydrogens is 358 g/mol. The predicted molar refractivity (Wildman–Crippen MR) is 98.1 cm³/mol. The minimum absolute atomic E-state index is 0.328. The van der Waals surface area contributed by atoms with Gasteiger partial charge in [0.25, 0.3) is 5.91 Å². The second-order valence-electron chi connectivity index (χ2n) is 6.81. The number of carbonyl (C=O) groups is 3. The number of aryl methyl sites for hydroxylation is 1. The van der Waals surface area contributed by atoms with Crippen molar-refractivity contribution in [2.75, 3.05) is 0 Å². The molecule has 1 saturated carbocycles. The van der Waals surface area contributed by atoms with Crippen molar-refractivity contribution in [2.45, 2.75) is 57.5 Å². The van der Waals surface area contributed by atoms with Gasteiger partial charge in [0.1, 0.15) is 11.7 Å². The molecule has 2 amide bonds. The molecular formula is C18H26ClN3O4. The molecule has 144 valence electrons. The van der Waals surface area contributed by atoms with E-state index in [0.29, 0.717) is 30.0 Å². The quantitative estimate of drug-likeness (QED) is 0.641. The summed E-state index contributed by atoms with van der Waals surface area (Å²) < 4.78 is 1.60. The summed E-state index contributed by atoms with van der Waals surface area (Å²) in [6.45, 7) is 2.01. The first-order valence-corrected chi connectivity index (χ1v) is 9.37. The normalized spacial score (nSPS) is 20.6. The summed E-state index contributed by atoms with van der Waals surface area (Å²) in [6, 6.07) is 0.458. The summed E-state index contributed by atoms with van der Waals surface area (Å²) in [7, 11) is 1.71. The van der Waals surface area contributed by atoms with Gasteiger partial charge in [-0.15, -0.1) is 0 Å². The van der Waals surface area contributed by atoms with Crippen LogP contribution < -0.4 is 10.6 Å². The highest BCUT2D eigenvalue weighted by molar-refractivity contribution is 6.31. The van der Waals surface area contributed by atoms with Crippen molar-refractivity contribution in [3.05, 3.63) is 23.0 Å². The average molecular weight is 384 g/mol. The maximum atomic E-state index is 12.7. The van der Waals surface area contributed by atoms with Crippen molar-refractivity contribution in [1.82, 2.24) is 15.2 Å². The van der Waals surface area contributed by atoms with Crippen LogP contribution in [0.2, 0.25) is 5.02 Å². The van der Waals surface area contributed by atoms with Crippen LogP contribution >= 0.6 is 11.6 Å². The molecule has 3 atom stereocenters. The predicted octanol–water partition coefficient (Wildman–Crippen LogP) is 2.34. The number of halogens is 1. The van der Waals surface area contributed by atoms with E-state index < -0.39 is 17.9 Å². The lowest BCUT2D eigenvalue weighted by atomic mass is 10.0. The fraction of sp³-hybridized carbons (Fsp3) is 0.611. The molecule has 0 aromatic carbocycles. The summed E-state index contributed by atoms with van der Waals surface area (Å²) in [5, 5.41) is 15.3. The Morgan fingerprint density at radius 1 is 1.38 bits per heavy atom. The van der Waals surface area contributed by atoms with Gasteiger partial charge in [-0.05, 0) is 25.3 Å². The Balaban J connectivity index is 2.05. The molecule has 0 bridgehead atoms. The van der Waals surface area contributed by atoms with E-state index in [1.807, 2.05) is 6.92 Å². The number of unbranched alkanes of at least 4 members (excludes halogenated alkanes) is 1. The number of hydrogen-bond donors (Lipinski definition) is 3. The van der Waals surface area contributed by atoms with Gasteiger partial charge >= 0.3 is 5.97 Å². The molecule has 2 rings (SSSR count). The molecule has 1 aromatic rings. The second-order valence-corrected chi connectivity index (χ2v) is 7.25. The Morgan fingerprint density at radius 2 is 2.12 bits per heavy atom. The van der Waals surface area contributed by atoms with Gasteiger partial charge in [-0.2, -0.15) is 0 Å². The van der Waals surface area contributed by atoms with Gasteiger partial charge in [-0.25, -0.2) is 0 Å². The van der Waals surface area contributed by atoms with E-state index in [4.69, 9.17) is 11.6 Å². The fourth-order valence-corrected chi connectivity index (χ4v) is 3.62. The third-order valence-electron chi connectivity index (χ3n) is 4.83. The highest BCUT2D eigenvalue weighted by atomic mass is 35.5. The van der Waals surface area contributed by atoms with Crippen molar-refractivity contribution >= 4 is 29.4 Å². The van der Waals surface area contributed by atoms with Gasteiger partial charge in [0.05, 0.1) is 10.9 Å². The first-order chi connectivity index (χ1) is 12.3. The number of carboxylic acids is 1. The molecule has 0 saturated heterocycles. The third kappa shape index (κ3) is 5.00. The molecule has 8 heteroatoms. The SMILES string of the molecule is CCCC[C@H](NC(=O)c1cc(Cl)cn1C)C(=O)N[C@H]1CCC[C@H]1C(=O)O. The minimum Gasteiger partial charge on any atom is -0.481 e. The molecule has 0 spiro atoms. The molecule has 26 heavy (non-hydrogen) atoms. The van der Waals surface area contributed by atoms with Crippen molar-refractivity contribution in [3.8, 4) is 0 Å². The molecule has 0 radical (unpaired) electrons. The highest BCUT2D eigenvalue weighted by Gasteiger charge is 2.35. The largest absolute Gasteiger partial charge is 0.481 e. The van der Waals surface area contributed by atoms with Crippen molar-refractivity contribution in [3.63, 3.8) is 0 Å². The zero-order valence-electron chi connectivity index (χ0n) is 15.1. The molecule has 1 aliphatic rings. The van der Waals surface area contributed by atoms with E-state index >= 15 is 0 Å². The Labute approximate surface area is 158 Å². The Morgan fingerprint density at radius 3 is 2.69 bits per heavy atom. The number of rotatable bonds is 8. The topological polar surface area (TPSA) is 100 Å². The number of nitrogens with zero attached hydrogens (tertiary/aromatic N) is 1. The van der Waals surface area contributed by atoms with E-state index in [-0.39, 0.29) is 17.9 Å². The summed E-state index contributed by atoms with van der Waals surface area (Å²) in [4.78, 5) is 36.5. The van der Waals surface area contributed by atoms with Crippen LogP contribution in [0.3, 0.4) is 0 Å². The van der Waals surface area contributed by atoms with Crippen molar-refractivity contribution in [2.24, 2.45) is 13.0 Å². The van der Waals surface area contributed by atoms with Crippen LogP contribution in [0.5, 0.6) is 0 Å². The summed E-state index contributed by atoms with van der Waals surface area (Å²) in [6.07, 6.45) is 5.76. The summed E-state index contributed by atoms with van der Waals surface area (Å²) in [5.74, 6) is -2.16. The van der Waals surface area contributed by atoms with Crippen molar-refractivity contribution in [1.29, 1.82) is 0 Å². The van der Waals surface area contributed by atoms with Gasteiger partial charge in [-0.1, -0.05) is 37.8 Å². The lowest BCUT2D eigenvalue weighted by Crippen LogP contribution is -2.51. The third-order valence-corrected chi connectivity index (χ3v) is 5.04. The molecule has 0 aliphatic heterocycles. The maximum Gasteiger partial charge on any atom is 0.308 e. The number of carbonyl (C=O) groups excluding carboxylic acids is 2. The molecule has 1 heterocycles. The highest BCUT2D eigenvalue weighted by Crippen LogP contribution is 2.26. The fourth-order valence-electron chi connectivity index (χ4n) is 3.37. The molecule has 7 nitrogen and oxygen atoms in total. The van der Waals surface area contributed by atoms with E-state index in [9.17, 15) is 19.5 Å². The zero-order chi connectivity index (χ0) is 19.3. The first-order valence-electron chi connectivity index (χ1n) is 8.99. The Kier molecular flexibility index (Phi) is 7.08. The smallest absolute Gasteiger partial charge is 0.308 e. The van der Waals surface area contributed by atoms with Gasteiger partial charge in [0.15, 0.2) is 0 Å². The molecule has 1 aliphatic carbocycles. The number of hydrogen-bond acceptors (Lipinski definition) is 3. The van der Waals surface area contributed by atoms with E-state index in [1.54, 1.807) is 23.9 Å². The number of nitrogens with one attached hydrogen (secondary N) is 2. The van der Waals surface area contributed by atoms with Crippen LogP contribution in [0.1, 0.15) is 55.9 Å². The Hall–Kier alpha value is -2.02. The number of carboxylic acid groups (broad SMARTS) is 1. The monoisotopic (exact) mass is 383 g/mol. The maximum absolute atomic E-state index is 12.7. The number of amides is 2. The minimum atomic E-state index is -0.889. The standard InChI is InChI=1S/C18H26ClN3O4/c1-3-4-7-14(21-17(24)15-9-11(19)10-22(15)2)16(23)20-13-8-5-6-12(13)18(25)26/h9-10,12-14H,3-8H2,1-2H3,(H,20,23)(H,21,24)(H,25,26)/t12-,13+,14+/m1/s1. The number of aromatic nitrogens is 1. The number of aliphatic carboxylic acids is 1. The van der Waals surface area contributed by atoms with Gasteiger partial charge in [0, 0.05) is 19.3 Å².